The van der Waals surface area contributed by atoms with E-state index in [1.165, 1.54) is 11.8 Å². The number of carbonyl (C=O) groups excluding carboxylic acids is 3. The molecule has 1 aliphatic heterocycles. The second-order valence-electron chi connectivity index (χ2n) is 8.83. The van der Waals surface area contributed by atoms with Crippen LogP contribution in [0.15, 0.2) is 79.0 Å². The number of anilines is 2. The number of aromatic amines is 1. The lowest BCUT2D eigenvalue weighted by atomic mass is 10.1. The molecule has 0 saturated carbocycles. The van der Waals surface area contributed by atoms with Crippen LogP contribution in [0.25, 0.3) is 10.9 Å². The number of H-pyrrole nitrogens is 1. The van der Waals surface area contributed by atoms with Crippen LogP contribution in [0, 0.1) is 0 Å². The van der Waals surface area contributed by atoms with Gasteiger partial charge in [0.05, 0.1) is 12.1 Å². The third kappa shape index (κ3) is 4.98. The summed E-state index contributed by atoms with van der Waals surface area (Å²) in [5, 5.41) is 4.74. The van der Waals surface area contributed by atoms with E-state index in [2.05, 4.69) is 10.3 Å². The molecular weight excluding hydrogens is 508 g/mol. The zero-order chi connectivity index (χ0) is 26.1. The van der Waals surface area contributed by atoms with Gasteiger partial charge in [0, 0.05) is 34.5 Å². The summed E-state index contributed by atoms with van der Waals surface area (Å²) in [5.74, 6) is -0.707. The molecule has 1 atom stereocenters. The van der Waals surface area contributed by atoms with Crippen molar-refractivity contribution in [2.45, 2.75) is 25.9 Å². The van der Waals surface area contributed by atoms with Crippen molar-refractivity contribution in [3.05, 3.63) is 95.1 Å². The number of hydrogen-bond donors (Lipinski definition) is 2. The molecule has 0 aliphatic carbocycles. The summed E-state index contributed by atoms with van der Waals surface area (Å²) in [6, 6.07) is 20.7. The molecule has 2 N–H and O–H groups in total. The zero-order valence-corrected chi connectivity index (χ0v) is 21.5. The number of nitrogens with one attached hydrogen (secondary N) is 2. The van der Waals surface area contributed by atoms with Crippen LogP contribution in [-0.4, -0.2) is 38.6 Å². The van der Waals surface area contributed by atoms with Crippen LogP contribution in [0.3, 0.4) is 0 Å². The second-order valence-corrected chi connectivity index (χ2v) is 9.60. The number of aromatic nitrogens is 1. The Labute approximate surface area is 224 Å². The lowest BCUT2D eigenvalue weighted by Gasteiger charge is -2.24. The first-order chi connectivity index (χ1) is 17.8. The van der Waals surface area contributed by atoms with Gasteiger partial charge in [-0.25, -0.2) is 0 Å². The van der Waals surface area contributed by atoms with Gasteiger partial charge < -0.3 is 15.2 Å². The van der Waals surface area contributed by atoms with Crippen molar-refractivity contribution < 1.29 is 14.4 Å². The van der Waals surface area contributed by atoms with Gasteiger partial charge in [-0.05, 0) is 78.6 Å². The van der Waals surface area contributed by atoms with E-state index in [9.17, 15) is 14.4 Å². The highest BCUT2D eigenvalue weighted by atomic mass is 35.5. The van der Waals surface area contributed by atoms with Gasteiger partial charge in [0.1, 0.15) is 6.04 Å². The molecule has 1 saturated heterocycles. The number of Topliss-reactive ketones (excluding diaryl/α,β-unsaturated/α-hetero) is 1. The normalized spacial score (nSPS) is 15.5. The summed E-state index contributed by atoms with van der Waals surface area (Å²) in [5.41, 5.74) is 3.38. The predicted octanol–water partition coefficient (Wildman–Crippen LogP) is 5.56. The molecule has 4 aromatic rings. The Hall–Kier alpha value is -4.01. The molecule has 37 heavy (non-hydrogen) atoms. The van der Waals surface area contributed by atoms with Crippen LogP contribution >= 0.6 is 23.8 Å². The number of fused-ring (bicyclic) bond motifs is 1. The fraction of sp³-hybridized carbons (Fsp3) is 0.143. The number of hydrogen-bond acceptors (Lipinski definition) is 4. The molecule has 1 aliphatic rings. The number of nitrogens with zero attached hydrogens (tertiary/aromatic N) is 2. The minimum atomic E-state index is -0.828. The molecule has 0 spiro atoms. The first kappa shape index (κ1) is 24.7. The molecule has 5 rings (SSSR count). The molecule has 0 bridgehead atoms. The number of benzene rings is 3. The first-order valence-corrected chi connectivity index (χ1v) is 12.5. The van der Waals surface area contributed by atoms with Crippen molar-refractivity contribution >= 4 is 68.8 Å². The molecule has 2 heterocycles. The van der Waals surface area contributed by atoms with Crippen LogP contribution in [-0.2, 0) is 16.1 Å². The molecular formula is C28H23ClN4O3S. The van der Waals surface area contributed by atoms with E-state index in [1.54, 1.807) is 35.2 Å². The molecule has 2 amide bonds. The van der Waals surface area contributed by atoms with Gasteiger partial charge in [-0.3, -0.25) is 19.3 Å². The largest absolute Gasteiger partial charge is 0.361 e. The Balaban J connectivity index is 1.42. The third-order valence-corrected chi connectivity index (χ3v) is 7.15. The van der Waals surface area contributed by atoms with Crippen molar-refractivity contribution in [3.63, 3.8) is 0 Å². The summed E-state index contributed by atoms with van der Waals surface area (Å²) in [6.07, 6.45) is 1.73. The average Bonchev–Trinajstić information content (AvgIpc) is 3.43. The fourth-order valence-corrected chi connectivity index (χ4v) is 5.00. The number of carbonyl (C=O) groups is 3. The molecule has 7 nitrogen and oxygen atoms in total. The van der Waals surface area contributed by atoms with Gasteiger partial charge in [-0.2, -0.15) is 0 Å². The maximum absolute atomic E-state index is 13.7. The van der Waals surface area contributed by atoms with Crippen LogP contribution in [0.5, 0.6) is 0 Å². The van der Waals surface area contributed by atoms with Crippen LogP contribution in [0.1, 0.15) is 29.3 Å². The van der Waals surface area contributed by atoms with Crippen molar-refractivity contribution in [2.24, 2.45) is 0 Å². The summed E-state index contributed by atoms with van der Waals surface area (Å²) in [7, 11) is 0. The van der Waals surface area contributed by atoms with E-state index in [1.807, 2.05) is 48.7 Å². The van der Waals surface area contributed by atoms with Crippen molar-refractivity contribution in [1.29, 1.82) is 0 Å². The molecule has 3 aromatic carbocycles. The van der Waals surface area contributed by atoms with Crippen LogP contribution < -0.4 is 10.2 Å². The molecule has 9 heteroatoms. The highest BCUT2D eigenvalue weighted by molar-refractivity contribution is 7.80. The first-order valence-electron chi connectivity index (χ1n) is 11.7. The number of rotatable bonds is 7. The van der Waals surface area contributed by atoms with Crippen molar-refractivity contribution in [2.75, 3.05) is 10.2 Å². The van der Waals surface area contributed by atoms with E-state index in [0.717, 1.165) is 16.5 Å². The Bertz CT molecular complexity index is 1530. The lowest BCUT2D eigenvalue weighted by molar-refractivity contribution is -0.124. The maximum Gasteiger partial charge on any atom is 0.256 e. The van der Waals surface area contributed by atoms with Crippen molar-refractivity contribution in [1.82, 2.24) is 9.88 Å². The Morgan fingerprint density at radius 3 is 2.54 bits per heavy atom. The van der Waals surface area contributed by atoms with Gasteiger partial charge in [0.15, 0.2) is 10.9 Å². The zero-order valence-electron chi connectivity index (χ0n) is 19.9. The van der Waals surface area contributed by atoms with Gasteiger partial charge in [0.25, 0.3) is 5.91 Å². The minimum absolute atomic E-state index is 0.0747. The number of thiocarbonyl (C=S) groups is 1. The third-order valence-electron chi connectivity index (χ3n) is 6.37. The molecule has 0 radical (unpaired) electrons. The number of amides is 2. The standard InChI is InChI=1S/C28H23ClN4O3S/c1-17(34)18-7-10-22(11-8-18)33-27(36)25(32(28(33)37)16-20-4-2-3-5-23(20)29)15-26(35)31-21-9-6-19-12-13-30-24(19)14-21/h2-14,25,30H,15-16H2,1H3,(H,31,35). The topological polar surface area (TPSA) is 85.5 Å². The monoisotopic (exact) mass is 530 g/mol. The van der Waals surface area contributed by atoms with E-state index < -0.39 is 6.04 Å². The smallest absolute Gasteiger partial charge is 0.256 e. The second kappa shape index (κ2) is 10.2. The molecule has 186 valence electrons. The number of halogens is 1. The average molecular weight is 531 g/mol. The Morgan fingerprint density at radius 2 is 1.81 bits per heavy atom. The summed E-state index contributed by atoms with van der Waals surface area (Å²) in [6.45, 7) is 1.74. The molecule has 1 aromatic heterocycles. The Morgan fingerprint density at radius 1 is 1.05 bits per heavy atom. The highest BCUT2D eigenvalue weighted by Gasteiger charge is 2.44. The van der Waals surface area contributed by atoms with E-state index >= 15 is 0 Å². The van der Waals surface area contributed by atoms with Crippen molar-refractivity contribution in [3.8, 4) is 0 Å². The van der Waals surface area contributed by atoms with E-state index in [4.69, 9.17) is 23.8 Å². The van der Waals surface area contributed by atoms with Crippen LogP contribution in [0.4, 0.5) is 11.4 Å². The highest BCUT2D eigenvalue weighted by Crippen LogP contribution is 2.30. The van der Waals surface area contributed by atoms with Crippen LogP contribution in [0.2, 0.25) is 5.02 Å². The summed E-state index contributed by atoms with van der Waals surface area (Å²) in [4.78, 5) is 44.7. The van der Waals surface area contributed by atoms with E-state index in [-0.39, 0.29) is 35.7 Å². The number of ketones is 1. The Kier molecular flexibility index (Phi) is 6.78. The van der Waals surface area contributed by atoms with Gasteiger partial charge in [0.2, 0.25) is 5.91 Å². The van der Waals surface area contributed by atoms with Gasteiger partial charge >= 0.3 is 0 Å². The maximum atomic E-state index is 13.7. The predicted molar refractivity (Wildman–Crippen MR) is 149 cm³/mol. The molecule has 1 unspecified atom stereocenters. The quantitative estimate of drug-likeness (QED) is 0.241. The van der Waals surface area contributed by atoms with Gasteiger partial charge in [-0.1, -0.05) is 35.9 Å². The summed E-state index contributed by atoms with van der Waals surface area (Å²) < 4.78 is 0. The molecule has 1 fully saturated rings. The van der Waals surface area contributed by atoms with Gasteiger partial charge in [-0.15, -0.1) is 0 Å². The SMILES string of the molecule is CC(=O)c1ccc(N2C(=O)C(CC(=O)Nc3ccc4cc[nH]c4c3)N(Cc3ccccc3Cl)C2=S)cc1. The summed E-state index contributed by atoms with van der Waals surface area (Å²) >= 11 is 12.1. The minimum Gasteiger partial charge on any atom is -0.361 e. The van der Waals surface area contributed by atoms with E-state index in [0.29, 0.717) is 22.0 Å². The lowest BCUT2D eigenvalue weighted by Crippen LogP contribution is -2.37. The fourth-order valence-electron chi connectivity index (χ4n) is 4.42.